The summed E-state index contributed by atoms with van der Waals surface area (Å²) in [5.41, 5.74) is 0.704. The van der Waals surface area contributed by atoms with E-state index < -0.39 is 74.6 Å². The van der Waals surface area contributed by atoms with Crippen molar-refractivity contribution in [3.05, 3.63) is 0 Å². The van der Waals surface area contributed by atoms with Gasteiger partial charge in [0.05, 0.1) is 19.3 Å². The van der Waals surface area contributed by atoms with E-state index in [0.29, 0.717) is 11.3 Å². The van der Waals surface area contributed by atoms with Crippen LogP contribution in [-0.2, 0) is 18.9 Å². The van der Waals surface area contributed by atoms with Gasteiger partial charge in [-0.05, 0) is 122 Å². The third-order valence-electron chi connectivity index (χ3n) is 16.1. The summed E-state index contributed by atoms with van der Waals surface area (Å²) < 4.78 is 23.6. The Bertz CT molecular complexity index is 1150. The van der Waals surface area contributed by atoms with Gasteiger partial charge in [-0.25, -0.2) is 0 Å². The molecule has 6 rings (SSSR count). The molecule has 7 N–H and O–H groups in total. The monoisotopic (exact) mass is 741 g/mol. The molecule has 3 unspecified atom stereocenters. The van der Waals surface area contributed by atoms with Gasteiger partial charge in [-0.3, -0.25) is 0 Å². The van der Waals surface area contributed by atoms with E-state index in [4.69, 9.17) is 18.9 Å². The second-order valence-corrected chi connectivity index (χ2v) is 18.9. The van der Waals surface area contributed by atoms with E-state index in [1.807, 2.05) is 0 Å². The zero-order valence-corrected chi connectivity index (χ0v) is 32.6. The molecule has 0 aromatic rings. The molecule has 302 valence electrons. The Morgan fingerprint density at radius 1 is 0.673 bits per heavy atom. The molecule has 6 fully saturated rings. The van der Waals surface area contributed by atoms with Crippen LogP contribution in [0.1, 0.15) is 119 Å². The second kappa shape index (κ2) is 16.6. The van der Waals surface area contributed by atoms with Gasteiger partial charge in [-0.2, -0.15) is 0 Å². The van der Waals surface area contributed by atoms with Gasteiger partial charge in [0.1, 0.15) is 48.8 Å². The number of aliphatic hydroxyl groups is 7. The van der Waals surface area contributed by atoms with Crippen molar-refractivity contribution >= 4 is 0 Å². The number of ether oxygens (including phenoxy) is 4. The first-order valence-electron chi connectivity index (χ1n) is 20.9. The highest BCUT2D eigenvalue weighted by Gasteiger charge is 2.61. The molecule has 20 atom stereocenters. The lowest BCUT2D eigenvalue weighted by atomic mass is 9.44. The van der Waals surface area contributed by atoms with Crippen LogP contribution < -0.4 is 0 Å². The minimum absolute atomic E-state index is 0.160. The maximum Gasteiger partial charge on any atom is 0.187 e. The molecule has 2 aliphatic heterocycles. The van der Waals surface area contributed by atoms with Gasteiger partial charge in [0.2, 0.25) is 0 Å². The third-order valence-corrected chi connectivity index (χ3v) is 16.1. The normalized spacial score (nSPS) is 50.7. The Labute approximate surface area is 311 Å². The van der Waals surface area contributed by atoms with Crippen LogP contribution in [0.2, 0.25) is 0 Å². The third kappa shape index (κ3) is 7.53. The van der Waals surface area contributed by atoms with Gasteiger partial charge >= 0.3 is 0 Å². The highest BCUT2D eigenvalue weighted by Crippen LogP contribution is 2.68. The van der Waals surface area contributed by atoms with Crippen molar-refractivity contribution in [2.75, 3.05) is 13.2 Å². The molecular formula is C41H72O11. The van der Waals surface area contributed by atoms with Crippen molar-refractivity contribution in [3.63, 3.8) is 0 Å². The van der Waals surface area contributed by atoms with Crippen molar-refractivity contribution in [1.29, 1.82) is 0 Å². The first kappa shape index (κ1) is 41.2. The molecule has 0 aromatic carbocycles. The molecule has 11 nitrogen and oxygen atoms in total. The average Bonchev–Trinajstić information content (AvgIpc) is 3.48. The SMILES string of the molecule is CC[C@H](CC[C@@H](C)[C@H]1CCC2C3CC[C@H]4C[C@@H](O[C@H]5O[C@H](CO)[C@@H](O[C@H]6O[C@H](CO)[C@@H](O)[C@H](O)[C@H]6O)[C@H](O)[C@H]5O)CC[C@]4(C)C3CC[C@@]21C)C(C)C. The standard InChI is InChI=1S/C41H72O11/c1-7-23(21(2)3)9-8-22(4)27-12-13-28-26-11-10-24-18-25(14-16-40(24,5)29(26)15-17-41(27,28)6)49-38-36(48)34(46)37(31(20-43)51-38)52-39-35(47)33(45)32(44)30(19-42)50-39/h21-39,42-48H,7-20H2,1-6H3/t22-,23-,24+,25+,26?,27-,28?,29?,30-,31-,32-,33+,34-,35-,36-,37-,38+,39-,40+,41-/m1/s1. The molecule has 4 aliphatic carbocycles. The lowest BCUT2D eigenvalue weighted by molar-refractivity contribution is -0.364. The number of hydrogen-bond donors (Lipinski definition) is 7. The fourth-order valence-corrected chi connectivity index (χ4v) is 12.9. The van der Waals surface area contributed by atoms with E-state index in [9.17, 15) is 35.7 Å². The summed E-state index contributed by atoms with van der Waals surface area (Å²) in [5.74, 6) is 6.06. The predicted molar refractivity (Wildman–Crippen MR) is 194 cm³/mol. The van der Waals surface area contributed by atoms with Gasteiger partial charge in [0.15, 0.2) is 12.6 Å². The molecule has 4 saturated carbocycles. The van der Waals surface area contributed by atoms with Gasteiger partial charge in [-0.1, -0.05) is 54.4 Å². The van der Waals surface area contributed by atoms with E-state index in [-0.39, 0.29) is 11.5 Å². The van der Waals surface area contributed by atoms with Crippen LogP contribution in [0.25, 0.3) is 0 Å². The van der Waals surface area contributed by atoms with Gasteiger partial charge < -0.3 is 54.7 Å². The van der Waals surface area contributed by atoms with Crippen molar-refractivity contribution in [2.45, 2.75) is 186 Å². The maximum atomic E-state index is 11.2. The van der Waals surface area contributed by atoms with Crippen LogP contribution >= 0.6 is 0 Å². The largest absolute Gasteiger partial charge is 0.394 e. The fourth-order valence-electron chi connectivity index (χ4n) is 12.9. The van der Waals surface area contributed by atoms with Crippen LogP contribution in [-0.4, -0.2) is 116 Å². The van der Waals surface area contributed by atoms with Crippen molar-refractivity contribution in [1.82, 2.24) is 0 Å². The molecule has 11 heteroatoms. The first-order valence-corrected chi connectivity index (χ1v) is 20.9. The van der Waals surface area contributed by atoms with Crippen LogP contribution in [0.5, 0.6) is 0 Å². The quantitative estimate of drug-likeness (QED) is 0.145. The van der Waals surface area contributed by atoms with E-state index in [1.54, 1.807) is 0 Å². The highest BCUT2D eigenvalue weighted by atomic mass is 16.7. The summed E-state index contributed by atoms with van der Waals surface area (Å²) in [6.45, 7) is 13.7. The molecule has 0 amide bonds. The summed E-state index contributed by atoms with van der Waals surface area (Å²) in [7, 11) is 0. The highest BCUT2D eigenvalue weighted by molar-refractivity contribution is 5.10. The molecule has 0 aromatic heterocycles. The molecule has 6 aliphatic rings. The number of hydrogen-bond acceptors (Lipinski definition) is 11. The molecular weight excluding hydrogens is 668 g/mol. The molecule has 52 heavy (non-hydrogen) atoms. The molecule has 0 spiro atoms. The maximum absolute atomic E-state index is 11.2. The fraction of sp³-hybridized carbons (Fsp3) is 1.00. The Balaban J connectivity index is 1.05. The topological polar surface area (TPSA) is 179 Å². The summed E-state index contributed by atoms with van der Waals surface area (Å²) in [6.07, 6.45) is 0.0553. The number of rotatable bonds is 12. The minimum atomic E-state index is -1.70. The van der Waals surface area contributed by atoms with Gasteiger partial charge in [-0.15, -0.1) is 0 Å². The Kier molecular flexibility index (Phi) is 13.1. The molecule has 2 heterocycles. The van der Waals surface area contributed by atoms with E-state index in [2.05, 4.69) is 41.5 Å². The van der Waals surface area contributed by atoms with E-state index in [0.717, 1.165) is 60.7 Å². The minimum Gasteiger partial charge on any atom is -0.394 e. The molecule has 0 radical (unpaired) electrons. The Morgan fingerprint density at radius 3 is 1.98 bits per heavy atom. The smallest absolute Gasteiger partial charge is 0.187 e. The van der Waals surface area contributed by atoms with Crippen molar-refractivity contribution < 1.29 is 54.7 Å². The Morgan fingerprint density at radius 2 is 1.31 bits per heavy atom. The van der Waals surface area contributed by atoms with Crippen molar-refractivity contribution in [2.24, 2.45) is 58.2 Å². The summed E-state index contributed by atoms with van der Waals surface area (Å²) >= 11 is 0. The second-order valence-electron chi connectivity index (χ2n) is 18.9. The first-order chi connectivity index (χ1) is 24.7. The van der Waals surface area contributed by atoms with Crippen LogP contribution in [0.4, 0.5) is 0 Å². The Hall–Kier alpha value is -0.440. The molecule has 2 saturated heterocycles. The van der Waals surface area contributed by atoms with E-state index in [1.165, 1.54) is 57.8 Å². The summed E-state index contributed by atoms with van der Waals surface area (Å²) in [6, 6.07) is 0. The lowest BCUT2D eigenvalue weighted by Gasteiger charge is -2.61. The number of fused-ring (bicyclic) bond motifs is 5. The van der Waals surface area contributed by atoms with E-state index >= 15 is 0 Å². The summed E-state index contributed by atoms with van der Waals surface area (Å²) in [5, 5.41) is 72.8. The zero-order chi connectivity index (χ0) is 37.7. The number of aliphatic hydroxyl groups excluding tert-OH is 7. The zero-order valence-electron chi connectivity index (χ0n) is 32.6. The average molecular weight is 741 g/mol. The summed E-state index contributed by atoms with van der Waals surface area (Å²) in [4.78, 5) is 0. The van der Waals surface area contributed by atoms with Gasteiger partial charge in [0.25, 0.3) is 0 Å². The van der Waals surface area contributed by atoms with Crippen LogP contribution in [0.15, 0.2) is 0 Å². The molecule has 0 bridgehead atoms. The lowest BCUT2D eigenvalue weighted by Crippen LogP contribution is -2.65. The van der Waals surface area contributed by atoms with Crippen LogP contribution in [0, 0.1) is 58.2 Å². The predicted octanol–water partition coefficient (Wildman–Crippen LogP) is 3.75. The van der Waals surface area contributed by atoms with Gasteiger partial charge in [0, 0.05) is 0 Å². The van der Waals surface area contributed by atoms with Crippen LogP contribution in [0.3, 0.4) is 0 Å². The van der Waals surface area contributed by atoms with Crippen molar-refractivity contribution in [3.8, 4) is 0 Å².